The average molecular weight is 144 g/mol. The Hall–Kier alpha value is -0.600. The van der Waals surface area contributed by atoms with Crippen molar-refractivity contribution >= 4 is 5.97 Å². The van der Waals surface area contributed by atoms with Crippen molar-refractivity contribution in [3.05, 3.63) is 0 Å². The van der Waals surface area contributed by atoms with Crippen molar-refractivity contribution in [2.45, 2.75) is 25.4 Å². The van der Waals surface area contributed by atoms with Crippen molar-refractivity contribution in [2.24, 2.45) is 11.3 Å². The number of carbonyl (C=O) groups is 1. The molecule has 2 aliphatic rings. The monoisotopic (exact) mass is 144 g/mol. The smallest absolute Gasteiger partial charge is 0.313 e. The quantitative estimate of drug-likeness (QED) is 0.632. The first-order valence-electron chi connectivity index (χ1n) is 3.55. The van der Waals surface area contributed by atoms with Crippen LogP contribution in [0.15, 0.2) is 0 Å². The van der Waals surface area contributed by atoms with Gasteiger partial charge < -0.3 is 5.11 Å². The standard InChI is InChI=1S/C7H9FO2/c8-5-3-7(5,6(9)10)4-1-2-4/h4-5H,1-3H2,(H,9,10)/t5-,7-/m0/s1. The highest BCUT2D eigenvalue weighted by Gasteiger charge is 2.68. The molecule has 0 aromatic rings. The Morgan fingerprint density at radius 2 is 2.10 bits per heavy atom. The zero-order valence-corrected chi connectivity index (χ0v) is 5.51. The van der Waals surface area contributed by atoms with Gasteiger partial charge in [-0.15, -0.1) is 0 Å². The van der Waals surface area contributed by atoms with Gasteiger partial charge in [0.1, 0.15) is 11.6 Å². The van der Waals surface area contributed by atoms with E-state index in [2.05, 4.69) is 0 Å². The zero-order chi connectivity index (χ0) is 7.35. The number of halogens is 1. The Labute approximate surface area is 58.0 Å². The molecular weight excluding hydrogens is 135 g/mol. The lowest BCUT2D eigenvalue weighted by molar-refractivity contribution is -0.145. The Kier molecular flexibility index (Phi) is 0.932. The van der Waals surface area contributed by atoms with Crippen LogP contribution in [0.4, 0.5) is 4.39 Å². The average Bonchev–Trinajstić information content (AvgIpc) is 2.55. The molecule has 3 heteroatoms. The van der Waals surface area contributed by atoms with Gasteiger partial charge in [-0.25, -0.2) is 4.39 Å². The fraction of sp³-hybridized carbons (Fsp3) is 0.857. The molecule has 0 radical (unpaired) electrons. The third kappa shape index (κ3) is 0.554. The van der Waals surface area contributed by atoms with E-state index >= 15 is 0 Å². The van der Waals surface area contributed by atoms with E-state index in [1.807, 2.05) is 0 Å². The fourth-order valence-electron chi connectivity index (χ4n) is 1.65. The van der Waals surface area contributed by atoms with Crippen molar-refractivity contribution in [3.8, 4) is 0 Å². The molecule has 2 nitrogen and oxygen atoms in total. The molecule has 0 heterocycles. The first-order valence-corrected chi connectivity index (χ1v) is 3.55. The maximum atomic E-state index is 12.6. The molecule has 2 atom stereocenters. The van der Waals surface area contributed by atoms with Gasteiger partial charge in [-0.3, -0.25) is 4.79 Å². The van der Waals surface area contributed by atoms with Gasteiger partial charge in [0.05, 0.1) is 0 Å². The number of carboxylic acids is 1. The lowest BCUT2D eigenvalue weighted by Gasteiger charge is -2.05. The lowest BCUT2D eigenvalue weighted by atomic mass is 10.0. The molecule has 2 rings (SSSR count). The Morgan fingerprint density at radius 3 is 2.20 bits per heavy atom. The summed E-state index contributed by atoms with van der Waals surface area (Å²) in [6, 6.07) is 0. The van der Waals surface area contributed by atoms with Crippen LogP contribution in [0, 0.1) is 11.3 Å². The van der Waals surface area contributed by atoms with Crippen LogP contribution >= 0.6 is 0 Å². The zero-order valence-electron chi connectivity index (χ0n) is 5.51. The van der Waals surface area contributed by atoms with Gasteiger partial charge in [0, 0.05) is 0 Å². The number of hydrogen-bond donors (Lipinski definition) is 1. The molecule has 0 aliphatic heterocycles. The van der Waals surface area contributed by atoms with E-state index in [4.69, 9.17) is 5.11 Å². The second kappa shape index (κ2) is 1.52. The van der Waals surface area contributed by atoms with Crippen LogP contribution in [0.25, 0.3) is 0 Å². The molecular formula is C7H9FO2. The Morgan fingerprint density at radius 1 is 1.60 bits per heavy atom. The summed E-state index contributed by atoms with van der Waals surface area (Å²) in [7, 11) is 0. The van der Waals surface area contributed by atoms with E-state index in [9.17, 15) is 9.18 Å². The van der Waals surface area contributed by atoms with Crippen LogP contribution in [0.3, 0.4) is 0 Å². The third-order valence-corrected chi connectivity index (χ3v) is 2.62. The molecule has 0 bridgehead atoms. The Balaban J connectivity index is 2.16. The second-order valence-electron chi connectivity index (χ2n) is 3.29. The number of hydrogen-bond acceptors (Lipinski definition) is 1. The van der Waals surface area contributed by atoms with Crippen LogP contribution in [0.5, 0.6) is 0 Å². The van der Waals surface area contributed by atoms with Crippen molar-refractivity contribution in [2.75, 3.05) is 0 Å². The topological polar surface area (TPSA) is 37.3 Å². The summed E-state index contributed by atoms with van der Waals surface area (Å²) in [5, 5.41) is 8.64. The van der Waals surface area contributed by atoms with E-state index in [0.29, 0.717) is 0 Å². The van der Waals surface area contributed by atoms with Gasteiger partial charge in [0.15, 0.2) is 0 Å². The molecule has 0 spiro atoms. The molecule has 0 amide bonds. The van der Waals surface area contributed by atoms with Gasteiger partial charge in [0.2, 0.25) is 0 Å². The Bertz CT molecular complexity index is 188. The number of aliphatic carboxylic acids is 1. The van der Waals surface area contributed by atoms with Crippen LogP contribution in [-0.4, -0.2) is 17.2 Å². The minimum atomic E-state index is -1.06. The summed E-state index contributed by atoms with van der Waals surface area (Å²) in [6.45, 7) is 0. The molecule has 2 fully saturated rings. The summed E-state index contributed by atoms with van der Waals surface area (Å²) >= 11 is 0. The van der Waals surface area contributed by atoms with Gasteiger partial charge in [-0.2, -0.15) is 0 Å². The lowest BCUT2D eigenvalue weighted by Crippen LogP contribution is -2.20. The summed E-state index contributed by atoms with van der Waals surface area (Å²) in [6.07, 6.45) is 1.02. The normalized spacial score (nSPS) is 45.1. The van der Waals surface area contributed by atoms with Gasteiger partial charge >= 0.3 is 5.97 Å². The minimum absolute atomic E-state index is 0.153. The summed E-state index contributed by atoms with van der Waals surface area (Å²) in [5.41, 5.74) is -0.931. The predicted molar refractivity (Wildman–Crippen MR) is 32.3 cm³/mol. The molecule has 56 valence electrons. The maximum absolute atomic E-state index is 12.6. The molecule has 0 aromatic carbocycles. The first-order chi connectivity index (χ1) is 4.68. The van der Waals surface area contributed by atoms with Crippen molar-refractivity contribution in [3.63, 3.8) is 0 Å². The molecule has 2 aliphatic carbocycles. The van der Waals surface area contributed by atoms with Crippen molar-refractivity contribution in [1.29, 1.82) is 0 Å². The van der Waals surface area contributed by atoms with Crippen molar-refractivity contribution < 1.29 is 14.3 Å². The SMILES string of the molecule is O=C(O)[C@]1(C2CC2)C[C@@H]1F. The highest BCUT2D eigenvalue weighted by molar-refractivity contribution is 5.80. The van der Waals surface area contributed by atoms with Gasteiger partial charge in [-0.05, 0) is 25.2 Å². The molecule has 2 saturated carbocycles. The van der Waals surface area contributed by atoms with E-state index in [1.54, 1.807) is 0 Å². The number of carboxylic acid groups (broad SMARTS) is 1. The summed E-state index contributed by atoms with van der Waals surface area (Å²) < 4.78 is 12.6. The molecule has 1 N–H and O–H groups in total. The largest absolute Gasteiger partial charge is 0.481 e. The van der Waals surface area contributed by atoms with E-state index in [0.717, 1.165) is 12.8 Å². The molecule has 10 heavy (non-hydrogen) atoms. The second-order valence-corrected chi connectivity index (χ2v) is 3.29. The van der Waals surface area contributed by atoms with E-state index in [-0.39, 0.29) is 12.3 Å². The minimum Gasteiger partial charge on any atom is -0.481 e. The predicted octanol–water partition coefficient (Wildman–Crippen LogP) is 1.21. The van der Waals surface area contributed by atoms with Crippen LogP contribution in [-0.2, 0) is 4.79 Å². The number of rotatable bonds is 2. The highest BCUT2D eigenvalue weighted by Crippen LogP contribution is 2.62. The van der Waals surface area contributed by atoms with Crippen LogP contribution < -0.4 is 0 Å². The van der Waals surface area contributed by atoms with Gasteiger partial charge in [0.25, 0.3) is 0 Å². The van der Waals surface area contributed by atoms with Crippen molar-refractivity contribution in [1.82, 2.24) is 0 Å². The van der Waals surface area contributed by atoms with Gasteiger partial charge in [-0.1, -0.05) is 0 Å². The van der Waals surface area contributed by atoms with Crippen LogP contribution in [0.1, 0.15) is 19.3 Å². The third-order valence-electron chi connectivity index (χ3n) is 2.62. The highest BCUT2D eigenvalue weighted by atomic mass is 19.1. The molecule has 0 saturated heterocycles. The molecule has 0 aromatic heterocycles. The fourth-order valence-corrected chi connectivity index (χ4v) is 1.65. The number of alkyl halides is 1. The summed E-state index contributed by atoms with van der Waals surface area (Å²) in [4.78, 5) is 10.5. The van der Waals surface area contributed by atoms with E-state index < -0.39 is 17.6 Å². The molecule has 0 unspecified atom stereocenters. The first kappa shape index (κ1) is 6.13. The maximum Gasteiger partial charge on any atom is 0.313 e. The summed E-state index contributed by atoms with van der Waals surface area (Å²) in [5.74, 6) is -0.775. The van der Waals surface area contributed by atoms with Crippen LogP contribution in [0.2, 0.25) is 0 Å². The van der Waals surface area contributed by atoms with E-state index in [1.165, 1.54) is 0 Å².